The molecule has 152 valence electrons. The van der Waals surface area contributed by atoms with Gasteiger partial charge in [-0.05, 0) is 30.7 Å². The molecule has 0 amide bonds. The Hall–Kier alpha value is -2.93. The van der Waals surface area contributed by atoms with Crippen LogP contribution >= 0.6 is 0 Å². The number of aliphatic imine (C=N–C) groups is 1. The molecular formula is C21H29N3O4. The lowest BCUT2D eigenvalue weighted by atomic mass is 10.1. The maximum absolute atomic E-state index is 6.04. The average molecular weight is 387 g/mol. The molecule has 0 saturated heterocycles. The Bertz CT molecular complexity index is 793. The van der Waals surface area contributed by atoms with E-state index < -0.39 is 0 Å². The Morgan fingerprint density at radius 3 is 2.46 bits per heavy atom. The molecule has 0 atom stereocenters. The van der Waals surface area contributed by atoms with Crippen molar-refractivity contribution in [3.05, 3.63) is 47.5 Å². The molecule has 0 heterocycles. The summed E-state index contributed by atoms with van der Waals surface area (Å²) in [5.41, 5.74) is 8.91. The molecule has 0 radical (unpaired) electrons. The lowest BCUT2D eigenvalue weighted by Gasteiger charge is -2.12. The van der Waals surface area contributed by atoms with Crippen LogP contribution < -0.4 is 25.3 Å². The molecule has 2 aromatic carbocycles. The van der Waals surface area contributed by atoms with E-state index in [1.807, 2.05) is 31.2 Å². The van der Waals surface area contributed by atoms with Gasteiger partial charge in [-0.2, -0.15) is 0 Å². The second-order valence-corrected chi connectivity index (χ2v) is 6.20. The molecule has 28 heavy (non-hydrogen) atoms. The number of guanidine groups is 1. The molecule has 0 spiro atoms. The second kappa shape index (κ2) is 11.0. The van der Waals surface area contributed by atoms with Crippen molar-refractivity contribution in [3.63, 3.8) is 0 Å². The molecule has 3 N–H and O–H groups in total. The van der Waals surface area contributed by atoms with Crippen LogP contribution in [0.1, 0.15) is 17.5 Å². The van der Waals surface area contributed by atoms with E-state index in [4.69, 9.17) is 24.7 Å². The highest BCUT2D eigenvalue weighted by Crippen LogP contribution is 2.29. The third-order valence-corrected chi connectivity index (χ3v) is 4.05. The first-order chi connectivity index (χ1) is 13.6. The van der Waals surface area contributed by atoms with Crippen molar-refractivity contribution >= 4 is 11.6 Å². The molecule has 0 bridgehead atoms. The largest absolute Gasteiger partial charge is 0.493 e. The standard InChI is InChI=1S/C21H29N3O4/c1-15-6-7-16(19(12-15)28-11-5-10-25-2)14-23-21(22)24-17-8-9-18(26-3)20(13-17)27-4/h6-9,12-13H,5,10-11,14H2,1-4H3,(H3,22,23,24). The number of hydrogen-bond donors (Lipinski definition) is 2. The van der Waals surface area contributed by atoms with Gasteiger partial charge in [-0.15, -0.1) is 0 Å². The molecule has 0 unspecified atom stereocenters. The fourth-order valence-corrected chi connectivity index (χ4v) is 2.58. The molecule has 7 nitrogen and oxygen atoms in total. The lowest BCUT2D eigenvalue weighted by Crippen LogP contribution is -2.22. The SMILES string of the molecule is COCCCOc1cc(C)ccc1CN=C(N)Nc1ccc(OC)c(OC)c1. The minimum atomic E-state index is 0.304. The van der Waals surface area contributed by atoms with Crippen LogP contribution in [0.4, 0.5) is 5.69 Å². The minimum absolute atomic E-state index is 0.304. The highest BCUT2D eigenvalue weighted by Gasteiger charge is 2.07. The fraction of sp³-hybridized carbons (Fsp3) is 0.381. The highest BCUT2D eigenvalue weighted by molar-refractivity contribution is 5.92. The molecule has 0 aliphatic carbocycles. The zero-order valence-electron chi connectivity index (χ0n) is 17.0. The quantitative estimate of drug-likeness (QED) is 0.369. The maximum atomic E-state index is 6.04. The van der Waals surface area contributed by atoms with Gasteiger partial charge in [-0.3, -0.25) is 0 Å². The molecule has 0 aliphatic heterocycles. The van der Waals surface area contributed by atoms with Gasteiger partial charge < -0.3 is 30.0 Å². The summed E-state index contributed by atoms with van der Waals surface area (Å²) in [4.78, 5) is 4.43. The van der Waals surface area contributed by atoms with E-state index in [0.717, 1.165) is 29.0 Å². The van der Waals surface area contributed by atoms with Crippen molar-refractivity contribution in [2.24, 2.45) is 10.7 Å². The first-order valence-electron chi connectivity index (χ1n) is 9.07. The Labute approximate surface area is 166 Å². The summed E-state index contributed by atoms with van der Waals surface area (Å²) in [6.45, 7) is 3.70. The monoisotopic (exact) mass is 387 g/mol. The van der Waals surface area contributed by atoms with Crippen molar-refractivity contribution in [2.45, 2.75) is 19.9 Å². The van der Waals surface area contributed by atoms with E-state index in [-0.39, 0.29) is 0 Å². The summed E-state index contributed by atoms with van der Waals surface area (Å²) in [5.74, 6) is 2.39. The van der Waals surface area contributed by atoms with E-state index in [2.05, 4.69) is 10.3 Å². The van der Waals surface area contributed by atoms with E-state index in [1.165, 1.54) is 0 Å². The topological polar surface area (TPSA) is 87.3 Å². The molecule has 0 saturated carbocycles. The van der Waals surface area contributed by atoms with Gasteiger partial charge in [0.1, 0.15) is 5.75 Å². The predicted octanol–water partition coefficient (Wildman–Crippen LogP) is 3.35. The number of benzene rings is 2. The smallest absolute Gasteiger partial charge is 0.193 e. The third kappa shape index (κ3) is 6.35. The first kappa shape index (κ1) is 21.4. The first-order valence-corrected chi connectivity index (χ1v) is 9.07. The van der Waals surface area contributed by atoms with E-state index in [9.17, 15) is 0 Å². The van der Waals surface area contributed by atoms with E-state index in [1.54, 1.807) is 33.5 Å². The summed E-state index contributed by atoms with van der Waals surface area (Å²) in [5, 5.41) is 3.06. The van der Waals surface area contributed by atoms with Gasteiger partial charge in [-0.1, -0.05) is 12.1 Å². The summed E-state index contributed by atoms with van der Waals surface area (Å²) in [6.07, 6.45) is 0.830. The molecule has 0 fully saturated rings. The zero-order chi connectivity index (χ0) is 20.4. The fourth-order valence-electron chi connectivity index (χ4n) is 2.58. The van der Waals surface area contributed by atoms with Crippen molar-refractivity contribution in [2.75, 3.05) is 39.9 Å². The van der Waals surface area contributed by atoms with Gasteiger partial charge in [-0.25, -0.2) is 4.99 Å². The predicted molar refractivity (Wildman–Crippen MR) is 112 cm³/mol. The third-order valence-electron chi connectivity index (χ3n) is 4.05. The van der Waals surface area contributed by atoms with Gasteiger partial charge in [0.15, 0.2) is 17.5 Å². The van der Waals surface area contributed by atoms with Crippen LogP contribution in [0.25, 0.3) is 0 Å². The summed E-state index contributed by atoms with van der Waals surface area (Å²) >= 11 is 0. The Morgan fingerprint density at radius 1 is 0.964 bits per heavy atom. The van der Waals surface area contributed by atoms with Crippen LogP contribution in [-0.4, -0.2) is 40.5 Å². The maximum Gasteiger partial charge on any atom is 0.193 e. The highest BCUT2D eigenvalue weighted by atomic mass is 16.5. The second-order valence-electron chi connectivity index (χ2n) is 6.20. The molecule has 0 aliphatic rings. The van der Waals surface area contributed by atoms with Gasteiger partial charge in [0, 0.05) is 37.5 Å². The lowest BCUT2D eigenvalue weighted by molar-refractivity contribution is 0.172. The summed E-state index contributed by atoms with van der Waals surface area (Å²) in [7, 11) is 4.86. The molecule has 2 aromatic rings. The zero-order valence-corrected chi connectivity index (χ0v) is 17.0. The van der Waals surface area contributed by atoms with Gasteiger partial charge >= 0.3 is 0 Å². The number of nitrogens with zero attached hydrogens (tertiary/aromatic N) is 1. The number of hydrogen-bond acceptors (Lipinski definition) is 5. The minimum Gasteiger partial charge on any atom is -0.493 e. The Kier molecular flexibility index (Phi) is 8.42. The van der Waals surface area contributed by atoms with Gasteiger partial charge in [0.05, 0.1) is 27.4 Å². The van der Waals surface area contributed by atoms with Crippen LogP contribution in [0.15, 0.2) is 41.4 Å². The number of anilines is 1. The van der Waals surface area contributed by atoms with Gasteiger partial charge in [0.2, 0.25) is 0 Å². The van der Waals surface area contributed by atoms with Crippen LogP contribution in [-0.2, 0) is 11.3 Å². The summed E-state index contributed by atoms with van der Waals surface area (Å²) in [6, 6.07) is 11.5. The molecule has 2 rings (SSSR count). The number of aryl methyl sites for hydroxylation is 1. The van der Waals surface area contributed by atoms with Crippen molar-refractivity contribution < 1.29 is 18.9 Å². The van der Waals surface area contributed by atoms with Crippen LogP contribution in [0.2, 0.25) is 0 Å². The normalized spacial score (nSPS) is 11.2. The number of nitrogens with two attached hydrogens (primary N) is 1. The van der Waals surface area contributed by atoms with Crippen molar-refractivity contribution in [1.82, 2.24) is 0 Å². The number of ether oxygens (including phenoxy) is 4. The number of rotatable bonds is 10. The number of methoxy groups -OCH3 is 3. The van der Waals surface area contributed by atoms with Crippen LogP contribution in [0.3, 0.4) is 0 Å². The summed E-state index contributed by atoms with van der Waals surface area (Å²) < 4.78 is 21.5. The van der Waals surface area contributed by atoms with Gasteiger partial charge in [0.25, 0.3) is 0 Å². The Morgan fingerprint density at radius 2 is 1.75 bits per heavy atom. The number of nitrogens with one attached hydrogen (secondary N) is 1. The van der Waals surface area contributed by atoms with Crippen molar-refractivity contribution in [3.8, 4) is 17.2 Å². The van der Waals surface area contributed by atoms with Crippen molar-refractivity contribution in [1.29, 1.82) is 0 Å². The average Bonchev–Trinajstić information content (AvgIpc) is 2.70. The van der Waals surface area contributed by atoms with E-state index in [0.29, 0.717) is 37.2 Å². The Balaban J connectivity index is 2.04. The molecule has 0 aromatic heterocycles. The molecular weight excluding hydrogens is 358 g/mol. The van der Waals surface area contributed by atoms with Crippen LogP contribution in [0, 0.1) is 6.92 Å². The van der Waals surface area contributed by atoms with E-state index >= 15 is 0 Å². The van der Waals surface area contributed by atoms with Crippen LogP contribution in [0.5, 0.6) is 17.2 Å². The molecule has 7 heteroatoms.